The van der Waals surface area contributed by atoms with Gasteiger partial charge in [-0.2, -0.15) is 0 Å². The number of hydrogen-bond acceptors (Lipinski definition) is 3. The first kappa shape index (κ1) is 11.9. The molecule has 1 aromatic rings. The van der Waals surface area contributed by atoms with Crippen molar-refractivity contribution < 1.29 is 9.53 Å². The Morgan fingerprint density at radius 1 is 1.53 bits per heavy atom. The summed E-state index contributed by atoms with van der Waals surface area (Å²) in [7, 11) is 1.66. The van der Waals surface area contributed by atoms with E-state index in [-0.39, 0.29) is 5.91 Å². The normalized spacial score (nSPS) is 13.0. The Bertz CT molecular complexity index is 404. The third kappa shape index (κ3) is 2.97. The van der Waals surface area contributed by atoms with Crippen LogP contribution >= 0.6 is 0 Å². The number of fused-ring (bicyclic) bond motifs is 1. The second-order valence-electron chi connectivity index (χ2n) is 4.15. The first-order chi connectivity index (χ1) is 8.31. The third-order valence-corrected chi connectivity index (χ3v) is 2.89. The molecule has 0 saturated heterocycles. The summed E-state index contributed by atoms with van der Waals surface area (Å²) in [6.45, 7) is 2.29. The van der Waals surface area contributed by atoms with Crippen LogP contribution in [0.2, 0.25) is 0 Å². The molecule has 4 nitrogen and oxygen atoms in total. The molecule has 1 aliphatic rings. The van der Waals surface area contributed by atoms with Crippen molar-refractivity contribution in [2.24, 2.45) is 0 Å². The molecule has 17 heavy (non-hydrogen) atoms. The maximum Gasteiger partial charge on any atom is 0.251 e. The van der Waals surface area contributed by atoms with Crippen molar-refractivity contribution in [1.29, 1.82) is 0 Å². The second kappa shape index (κ2) is 5.68. The van der Waals surface area contributed by atoms with Gasteiger partial charge >= 0.3 is 0 Å². The molecule has 2 N–H and O–H groups in total. The molecule has 0 radical (unpaired) electrons. The van der Waals surface area contributed by atoms with E-state index < -0.39 is 0 Å². The summed E-state index contributed by atoms with van der Waals surface area (Å²) in [5.74, 6) is -0.0161. The lowest BCUT2D eigenvalue weighted by Crippen LogP contribution is -2.25. The van der Waals surface area contributed by atoms with E-state index in [1.54, 1.807) is 7.11 Å². The zero-order valence-corrected chi connectivity index (χ0v) is 10.1. The molecular formula is C13H18N2O2. The summed E-state index contributed by atoms with van der Waals surface area (Å²) >= 11 is 0. The summed E-state index contributed by atoms with van der Waals surface area (Å²) in [6.07, 6.45) is 1.89. The fraction of sp³-hybridized carbons (Fsp3) is 0.462. The van der Waals surface area contributed by atoms with Crippen molar-refractivity contribution in [3.05, 3.63) is 29.3 Å². The van der Waals surface area contributed by atoms with Crippen LogP contribution < -0.4 is 10.6 Å². The van der Waals surface area contributed by atoms with Crippen molar-refractivity contribution in [1.82, 2.24) is 5.32 Å². The van der Waals surface area contributed by atoms with E-state index in [2.05, 4.69) is 10.6 Å². The van der Waals surface area contributed by atoms with Crippen LogP contribution in [-0.4, -0.2) is 32.7 Å². The van der Waals surface area contributed by atoms with Crippen molar-refractivity contribution in [3.63, 3.8) is 0 Å². The summed E-state index contributed by atoms with van der Waals surface area (Å²) in [5, 5.41) is 6.15. The molecule has 92 valence electrons. The third-order valence-electron chi connectivity index (χ3n) is 2.89. The molecule has 0 fully saturated rings. The van der Waals surface area contributed by atoms with Gasteiger partial charge in [0.25, 0.3) is 5.91 Å². The van der Waals surface area contributed by atoms with E-state index in [0.29, 0.717) is 13.2 Å². The summed E-state index contributed by atoms with van der Waals surface area (Å²) in [4.78, 5) is 11.8. The molecule has 0 aliphatic carbocycles. The SMILES string of the molecule is COCCCNC(=O)c1ccc2c(c1)NCC2. The zero-order valence-electron chi connectivity index (χ0n) is 10.1. The average molecular weight is 234 g/mol. The number of anilines is 1. The van der Waals surface area contributed by atoms with Gasteiger partial charge in [-0.05, 0) is 30.5 Å². The first-order valence-corrected chi connectivity index (χ1v) is 5.95. The number of methoxy groups -OCH3 is 1. The monoisotopic (exact) mass is 234 g/mol. The first-order valence-electron chi connectivity index (χ1n) is 5.95. The van der Waals surface area contributed by atoms with Crippen LogP contribution in [0.25, 0.3) is 0 Å². The van der Waals surface area contributed by atoms with Gasteiger partial charge in [0.1, 0.15) is 0 Å². The smallest absolute Gasteiger partial charge is 0.251 e. The Morgan fingerprint density at radius 3 is 3.24 bits per heavy atom. The molecule has 1 aromatic carbocycles. The van der Waals surface area contributed by atoms with Crippen LogP contribution in [0.1, 0.15) is 22.3 Å². The highest BCUT2D eigenvalue weighted by molar-refractivity contribution is 5.95. The van der Waals surface area contributed by atoms with Gasteiger partial charge in [0.05, 0.1) is 0 Å². The van der Waals surface area contributed by atoms with Gasteiger partial charge in [0.15, 0.2) is 0 Å². The van der Waals surface area contributed by atoms with Gasteiger partial charge in [0.2, 0.25) is 0 Å². The van der Waals surface area contributed by atoms with Gasteiger partial charge in [-0.25, -0.2) is 0 Å². The molecule has 0 saturated carbocycles. The number of benzene rings is 1. The summed E-state index contributed by atoms with van der Waals surface area (Å²) < 4.78 is 4.93. The van der Waals surface area contributed by atoms with E-state index in [0.717, 1.165) is 30.6 Å². The molecule has 1 aliphatic heterocycles. The highest BCUT2D eigenvalue weighted by Gasteiger charge is 2.12. The summed E-state index contributed by atoms with van der Waals surface area (Å²) in [6, 6.07) is 5.84. The Morgan fingerprint density at radius 2 is 2.41 bits per heavy atom. The number of ether oxygens (including phenoxy) is 1. The molecular weight excluding hydrogens is 216 g/mol. The molecule has 0 spiro atoms. The lowest BCUT2D eigenvalue weighted by molar-refractivity contribution is 0.0948. The Labute approximate surface area is 101 Å². The fourth-order valence-corrected chi connectivity index (χ4v) is 1.95. The number of hydrogen-bond donors (Lipinski definition) is 2. The number of amides is 1. The predicted molar refractivity (Wildman–Crippen MR) is 67.5 cm³/mol. The van der Waals surface area contributed by atoms with E-state index in [4.69, 9.17) is 4.74 Å². The molecule has 2 rings (SSSR count). The van der Waals surface area contributed by atoms with Crippen molar-refractivity contribution in [2.45, 2.75) is 12.8 Å². The lowest BCUT2D eigenvalue weighted by atomic mass is 10.1. The highest BCUT2D eigenvalue weighted by Crippen LogP contribution is 2.22. The minimum Gasteiger partial charge on any atom is -0.385 e. The average Bonchev–Trinajstić information content (AvgIpc) is 2.81. The van der Waals surface area contributed by atoms with E-state index in [1.165, 1.54) is 5.56 Å². The molecule has 1 amide bonds. The zero-order chi connectivity index (χ0) is 12.1. The van der Waals surface area contributed by atoms with Crippen molar-refractivity contribution in [3.8, 4) is 0 Å². The predicted octanol–water partition coefficient (Wildman–Crippen LogP) is 1.42. The Balaban J connectivity index is 1.91. The van der Waals surface area contributed by atoms with Crippen molar-refractivity contribution in [2.75, 3.05) is 32.1 Å². The largest absolute Gasteiger partial charge is 0.385 e. The Kier molecular flexibility index (Phi) is 3.98. The van der Waals surface area contributed by atoms with Gasteiger partial charge in [-0.15, -0.1) is 0 Å². The molecule has 1 heterocycles. The quantitative estimate of drug-likeness (QED) is 0.758. The van der Waals surface area contributed by atoms with E-state index in [9.17, 15) is 4.79 Å². The van der Waals surface area contributed by atoms with E-state index in [1.807, 2.05) is 18.2 Å². The Hall–Kier alpha value is -1.55. The number of carbonyl (C=O) groups excluding carboxylic acids is 1. The van der Waals surface area contributed by atoms with Crippen LogP contribution in [0.5, 0.6) is 0 Å². The molecule has 0 bridgehead atoms. The molecule has 0 atom stereocenters. The molecule has 0 unspecified atom stereocenters. The van der Waals surface area contributed by atoms with Crippen LogP contribution in [0.15, 0.2) is 18.2 Å². The van der Waals surface area contributed by atoms with Gasteiger partial charge in [-0.3, -0.25) is 4.79 Å². The minimum atomic E-state index is -0.0161. The van der Waals surface area contributed by atoms with Gasteiger partial charge in [0, 0.05) is 38.1 Å². The van der Waals surface area contributed by atoms with Crippen LogP contribution in [0.4, 0.5) is 5.69 Å². The van der Waals surface area contributed by atoms with Gasteiger partial charge < -0.3 is 15.4 Å². The second-order valence-corrected chi connectivity index (χ2v) is 4.15. The number of rotatable bonds is 5. The topological polar surface area (TPSA) is 50.4 Å². The van der Waals surface area contributed by atoms with Gasteiger partial charge in [-0.1, -0.05) is 6.07 Å². The number of carbonyl (C=O) groups is 1. The maximum atomic E-state index is 11.8. The number of nitrogens with one attached hydrogen (secondary N) is 2. The molecule has 4 heteroatoms. The highest BCUT2D eigenvalue weighted by atomic mass is 16.5. The fourth-order valence-electron chi connectivity index (χ4n) is 1.95. The summed E-state index contributed by atoms with van der Waals surface area (Å²) in [5.41, 5.74) is 3.10. The molecule has 0 aromatic heterocycles. The minimum absolute atomic E-state index is 0.0161. The van der Waals surface area contributed by atoms with Crippen LogP contribution in [-0.2, 0) is 11.2 Å². The maximum absolute atomic E-state index is 11.8. The lowest BCUT2D eigenvalue weighted by Gasteiger charge is -2.06. The van der Waals surface area contributed by atoms with Crippen LogP contribution in [0, 0.1) is 0 Å². The van der Waals surface area contributed by atoms with Crippen molar-refractivity contribution >= 4 is 11.6 Å². The standard InChI is InChI=1S/C13H18N2O2/c1-17-8-2-6-15-13(16)11-4-3-10-5-7-14-12(10)9-11/h3-4,9,14H,2,5-8H2,1H3,(H,15,16). The van der Waals surface area contributed by atoms with E-state index >= 15 is 0 Å². The van der Waals surface area contributed by atoms with Crippen LogP contribution in [0.3, 0.4) is 0 Å².